The molecule has 0 fully saturated rings. The summed E-state index contributed by atoms with van der Waals surface area (Å²) in [5.41, 5.74) is 0.724. The molecule has 1 atom stereocenters. The maximum absolute atomic E-state index is 10.1. The molecule has 0 heterocycles. The number of aliphatic hydroxyl groups is 1. The fourth-order valence-electron chi connectivity index (χ4n) is 1.60. The van der Waals surface area contributed by atoms with Crippen LogP contribution in [0.5, 0.6) is 5.75 Å². The summed E-state index contributed by atoms with van der Waals surface area (Å²) < 4.78 is 5.68. The van der Waals surface area contributed by atoms with Gasteiger partial charge in [0.2, 0.25) is 0 Å². The van der Waals surface area contributed by atoms with Gasteiger partial charge in [0, 0.05) is 0 Å². The highest BCUT2D eigenvalue weighted by Gasteiger charge is 2.26. The van der Waals surface area contributed by atoms with E-state index in [0.29, 0.717) is 6.61 Å². The molecule has 0 amide bonds. The van der Waals surface area contributed by atoms with Crippen molar-refractivity contribution in [1.82, 2.24) is 0 Å². The van der Waals surface area contributed by atoms with Crippen LogP contribution in [0, 0.1) is 5.92 Å². The minimum Gasteiger partial charge on any atom is -0.491 e. The lowest BCUT2D eigenvalue weighted by atomic mass is 9.82. The lowest BCUT2D eigenvalue weighted by Gasteiger charge is -2.28. The van der Waals surface area contributed by atoms with Crippen LogP contribution in [0.4, 0.5) is 0 Å². The van der Waals surface area contributed by atoms with Gasteiger partial charge >= 0.3 is 0 Å². The summed E-state index contributed by atoms with van der Waals surface area (Å²) in [5, 5.41) is 10.1. The second-order valence-corrected chi connectivity index (χ2v) is 6.56. The van der Waals surface area contributed by atoms with E-state index in [-0.39, 0.29) is 11.3 Å². The van der Waals surface area contributed by atoms with Crippen molar-refractivity contribution in [2.45, 2.75) is 59.0 Å². The Morgan fingerprint density at radius 2 is 1.63 bits per heavy atom. The van der Waals surface area contributed by atoms with Crippen LogP contribution in [0.2, 0.25) is 0 Å². The monoisotopic (exact) mass is 264 g/mol. The Morgan fingerprint density at radius 3 is 2.05 bits per heavy atom. The fraction of sp³-hybridized carbons (Fsp3) is 0.647. The summed E-state index contributed by atoms with van der Waals surface area (Å²) in [6.45, 7) is 12.8. The molecule has 0 aliphatic heterocycles. The highest BCUT2D eigenvalue weighted by molar-refractivity contribution is 5.31. The molecule has 0 saturated carbocycles. The van der Waals surface area contributed by atoms with Crippen LogP contribution in [-0.4, -0.2) is 17.3 Å². The van der Waals surface area contributed by atoms with E-state index in [2.05, 4.69) is 32.9 Å². The van der Waals surface area contributed by atoms with Gasteiger partial charge in [-0.1, -0.05) is 46.8 Å². The average molecular weight is 264 g/mol. The summed E-state index contributed by atoms with van der Waals surface area (Å²) in [6, 6.07) is 8.21. The maximum Gasteiger partial charge on any atom is 0.119 e. The van der Waals surface area contributed by atoms with Crippen LogP contribution >= 0.6 is 0 Å². The SMILES string of the molecule is CCC(C)(C)c1ccc(OCC(C)(O)C(C)C)cc1. The lowest BCUT2D eigenvalue weighted by molar-refractivity contribution is -0.0266. The van der Waals surface area contributed by atoms with Gasteiger partial charge in [0.25, 0.3) is 0 Å². The highest BCUT2D eigenvalue weighted by Crippen LogP contribution is 2.28. The Kier molecular flexibility index (Phi) is 5.03. The zero-order chi connectivity index (χ0) is 14.7. The Bertz CT molecular complexity index is 388. The minimum atomic E-state index is -0.790. The van der Waals surface area contributed by atoms with E-state index < -0.39 is 5.60 Å². The smallest absolute Gasteiger partial charge is 0.119 e. The van der Waals surface area contributed by atoms with E-state index in [1.807, 2.05) is 32.9 Å². The molecule has 0 radical (unpaired) electrons. The van der Waals surface area contributed by atoms with E-state index in [0.717, 1.165) is 12.2 Å². The van der Waals surface area contributed by atoms with Crippen molar-refractivity contribution < 1.29 is 9.84 Å². The molecule has 0 aliphatic carbocycles. The van der Waals surface area contributed by atoms with Crippen LogP contribution in [-0.2, 0) is 5.41 Å². The molecule has 0 bridgehead atoms. The van der Waals surface area contributed by atoms with E-state index >= 15 is 0 Å². The third-order valence-electron chi connectivity index (χ3n) is 4.29. The third-order valence-corrected chi connectivity index (χ3v) is 4.29. The summed E-state index contributed by atoms with van der Waals surface area (Å²) in [7, 11) is 0. The molecule has 2 nitrogen and oxygen atoms in total. The second kappa shape index (κ2) is 5.96. The van der Waals surface area contributed by atoms with Crippen LogP contribution in [0.25, 0.3) is 0 Å². The Morgan fingerprint density at radius 1 is 1.11 bits per heavy atom. The normalized spacial score (nSPS) is 15.4. The van der Waals surface area contributed by atoms with Crippen molar-refractivity contribution in [3.63, 3.8) is 0 Å². The molecule has 1 rings (SSSR count). The molecule has 1 aromatic rings. The molecule has 1 unspecified atom stereocenters. The van der Waals surface area contributed by atoms with Gasteiger partial charge in [-0.3, -0.25) is 0 Å². The topological polar surface area (TPSA) is 29.5 Å². The van der Waals surface area contributed by atoms with Crippen molar-refractivity contribution in [2.24, 2.45) is 5.92 Å². The molecule has 2 heteroatoms. The summed E-state index contributed by atoms with van der Waals surface area (Å²) in [4.78, 5) is 0. The van der Waals surface area contributed by atoms with Gasteiger partial charge in [0.05, 0.1) is 5.60 Å². The maximum atomic E-state index is 10.1. The molecule has 1 aromatic carbocycles. The molecule has 108 valence electrons. The molecule has 0 spiro atoms. The van der Waals surface area contributed by atoms with Crippen molar-refractivity contribution in [2.75, 3.05) is 6.61 Å². The molecule has 19 heavy (non-hydrogen) atoms. The van der Waals surface area contributed by atoms with Crippen LogP contribution in [0.3, 0.4) is 0 Å². The predicted molar refractivity (Wildman–Crippen MR) is 80.7 cm³/mol. The summed E-state index contributed by atoms with van der Waals surface area (Å²) >= 11 is 0. The standard InChI is InChI=1S/C17H28O2/c1-7-16(4,5)14-8-10-15(11-9-14)19-12-17(6,18)13(2)3/h8-11,13,18H,7,12H2,1-6H3. The molecule has 0 aliphatic rings. The van der Waals surface area contributed by atoms with Gasteiger partial charge in [0.1, 0.15) is 12.4 Å². The summed E-state index contributed by atoms with van der Waals surface area (Å²) in [6.07, 6.45) is 1.11. The van der Waals surface area contributed by atoms with Gasteiger partial charge in [-0.15, -0.1) is 0 Å². The molecule has 1 N–H and O–H groups in total. The first-order valence-electron chi connectivity index (χ1n) is 7.15. The first kappa shape index (κ1) is 16.0. The van der Waals surface area contributed by atoms with Crippen LogP contribution in [0.15, 0.2) is 24.3 Å². The average Bonchev–Trinajstić information content (AvgIpc) is 2.37. The van der Waals surface area contributed by atoms with Crippen molar-refractivity contribution >= 4 is 0 Å². The van der Waals surface area contributed by atoms with Gasteiger partial charge in [-0.25, -0.2) is 0 Å². The quantitative estimate of drug-likeness (QED) is 0.836. The Labute approximate surface area is 117 Å². The van der Waals surface area contributed by atoms with Crippen molar-refractivity contribution in [3.8, 4) is 5.75 Å². The lowest BCUT2D eigenvalue weighted by Crippen LogP contribution is -2.37. The van der Waals surface area contributed by atoms with Gasteiger partial charge in [-0.05, 0) is 42.4 Å². The summed E-state index contributed by atoms with van der Waals surface area (Å²) in [5.74, 6) is 0.988. The van der Waals surface area contributed by atoms with Crippen LogP contribution < -0.4 is 4.74 Å². The van der Waals surface area contributed by atoms with Gasteiger partial charge in [0.15, 0.2) is 0 Å². The van der Waals surface area contributed by atoms with Crippen molar-refractivity contribution in [3.05, 3.63) is 29.8 Å². The number of ether oxygens (including phenoxy) is 1. The first-order valence-corrected chi connectivity index (χ1v) is 7.15. The van der Waals surface area contributed by atoms with Crippen LogP contribution in [0.1, 0.15) is 53.5 Å². The van der Waals surface area contributed by atoms with E-state index in [9.17, 15) is 5.11 Å². The zero-order valence-corrected chi connectivity index (χ0v) is 13.2. The molecular weight excluding hydrogens is 236 g/mol. The third kappa shape index (κ3) is 4.24. The number of benzene rings is 1. The Hall–Kier alpha value is -1.02. The number of hydrogen-bond donors (Lipinski definition) is 1. The predicted octanol–water partition coefficient (Wildman–Crippen LogP) is 4.16. The minimum absolute atomic E-state index is 0.172. The van der Waals surface area contributed by atoms with Gasteiger partial charge in [-0.2, -0.15) is 0 Å². The fourth-order valence-corrected chi connectivity index (χ4v) is 1.60. The van der Waals surface area contributed by atoms with E-state index in [1.54, 1.807) is 0 Å². The van der Waals surface area contributed by atoms with Gasteiger partial charge < -0.3 is 9.84 Å². The zero-order valence-electron chi connectivity index (χ0n) is 13.2. The molecule has 0 aromatic heterocycles. The number of rotatable bonds is 6. The number of hydrogen-bond acceptors (Lipinski definition) is 2. The molecule has 0 saturated heterocycles. The largest absolute Gasteiger partial charge is 0.491 e. The highest BCUT2D eigenvalue weighted by atomic mass is 16.5. The van der Waals surface area contributed by atoms with E-state index in [1.165, 1.54) is 5.56 Å². The van der Waals surface area contributed by atoms with E-state index in [4.69, 9.17) is 4.74 Å². The molecular formula is C17H28O2. The Balaban J connectivity index is 2.68. The first-order chi connectivity index (χ1) is 8.69. The second-order valence-electron chi connectivity index (χ2n) is 6.56. The van der Waals surface area contributed by atoms with Crippen molar-refractivity contribution in [1.29, 1.82) is 0 Å².